The molecule has 1 aliphatic heterocycles. The van der Waals surface area contributed by atoms with Crippen LogP contribution in [-0.2, 0) is 10.0 Å². The smallest absolute Gasteiger partial charge is 0.316 e. The van der Waals surface area contributed by atoms with E-state index in [0.29, 0.717) is 55.1 Å². The molecule has 0 radical (unpaired) electrons. The van der Waals surface area contributed by atoms with Gasteiger partial charge in [0, 0.05) is 26.2 Å². The van der Waals surface area contributed by atoms with Crippen molar-refractivity contribution in [2.24, 2.45) is 11.8 Å². The second-order valence-electron chi connectivity index (χ2n) is 9.56. The number of piperazine rings is 1. The number of aromatic nitrogens is 2. The van der Waals surface area contributed by atoms with Gasteiger partial charge in [-0.25, -0.2) is 8.42 Å². The van der Waals surface area contributed by atoms with Gasteiger partial charge in [-0.05, 0) is 50.7 Å². The first-order valence-corrected chi connectivity index (χ1v) is 13.3. The number of sulfonamides is 1. The van der Waals surface area contributed by atoms with Crippen LogP contribution in [0.5, 0.6) is 5.75 Å². The lowest BCUT2D eigenvalue weighted by molar-refractivity contribution is 0.199. The van der Waals surface area contributed by atoms with E-state index < -0.39 is 15.3 Å². The number of hydrogen-bond acceptors (Lipinski definition) is 6. The number of anilines is 1. The molecule has 1 aromatic carbocycles. The normalized spacial score (nSPS) is 24.4. The second kappa shape index (κ2) is 9.46. The molecule has 3 atom stereocenters. The van der Waals surface area contributed by atoms with Crippen molar-refractivity contribution in [1.29, 1.82) is 0 Å². The number of para-hydroxylation sites is 1. The third kappa shape index (κ3) is 4.80. The fourth-order valence-corrected chi connectivity index (χ4v) is 5.92. The van der Waals surface area contributed by atoms with Crippen molar-refractivity contribution < 1.29 is 13.2 Å². The summed E-state index contributed by atoms with van der Waals surface area (Å²) in [6.45, 7) is 9.55. The molecular formula is C24H34N4O4S. The number of ether oxygens (including phenoxy) is 1. The van der Waals surface area contributed by atoms with Crippen LogP contribution < -0.4 is 15.2 Å². The van der Waals surface area contributed by atoms with Gasteiger partial charge in [0.1, 0.15) is 5.69 Å². The van der Waals surface area contributed by atoms with Crippen molar-refractivity contribution in [2.45, 2.75) is 51.9 Å². The first-order valence-electron chi connectivity index (χ1n) is 11.8. The molecule has 2 heterocycles. The minimum atomic E-state index is -3.30. The van der Waals surface area contributed by atoms with Crippen LogP contribution in [0.2, 0.25) is 0 Å². The minimum Gasteiger partial charge on any atom is -0.483 e. The first kappa shape index (κ1) is 23.8. The van der Waals surface area contributed by atoms with Crippen molar-refractivity contribution in [3.8, 4) is 11.4 Å². The molecule has 180 valence electrons. The average Bonchev–Trinajstić information content (AvgIpc) is 3.12. The van der Waals surface area contributed by atoms with Crippen LogP contribution >= 0.6 is 0 Å². The van der Waals surface area contributed by atoms with Gasteiger partial charge in [-0.1, -0.05) is 32.0 Å². The highest BCUT2D eigenvalue weighted by Gasteiger charge is 2.34. The molecule has 2 aliphatic rings. The maximum absolute atomic E-state index is 13.5. The molecule has 9 heteroatoms. The molecule has 8 nitrogen and oxygen atoms in total. The van der Waals surface area contributed by atoms with Gasteiger partial charge in [-0.3, -0.25) is 4.79 Å². The van der Waals surface area contributed by atoms with Crippen LogP contribution in [-0.4, -0.2) is 60.0 Å². The van der Waals surface area contributed by atoms with Gasteiger partial charge in [-0.15, -0.1) is 0 Å². The van der Waals surface area contributed by atoms with Gasteiger partial charge >= 0.3 is 5.56 Å². The highest BCUT2D eigenvalue weighted by Crippen LogP contribution is 2.35. The molecule has 1 unspecified atom stereocenters. The van der Waals surface area contributed by atoms with Crippen LogP contribution in [0.4, 0.5) is 5.69 Å². The average molecular weight is 475 g/mol. The Balaban J connectivity index is 1.65. The molecule has 2 aromatic rings. The molecule has 0 bridgehead atoms. The van der Waals surface area contributed by atoms with Gasteiger partial charge in [0.2, 0.25) is 15.8 Å². The van der Waals surface area contributed by atoms with E-state index in [1.165, 1.54) is 8.99 Å². The van der Waals surface area contributed by atoms with Crippen LogP contribution in [0.25, 0.3) is 5.69 Å². The highest BCUT2D eigenvalue weighted by molar-refractivity contribution is 7.89. The molecular weight excluding hydrogens is 440 g/mol. The molecule has 0 spiro atoms. The SMILES string of the molecule is CC(C)S(=O)(=O)N1CCN(c2cnn(-c3ccccc3)c(=O)c2OC2C[C@@H](C)[C@@H](C)C2)CC1. The summed E-state index contributed by atoms with van der Waals surface area (Å²) >= 11 is 0. The Labute approximate surface area is 196 Å². The van der Waals surface area contributed by atoms with Gasteiger partial charge in [0.15, 0.2) is 0 Å². The number of rotatable bonds is 6. The number of benzene rings is 1. The fraction of sp³-hybridized carbons (Fsp3) is 0.583. The maximum Gasteiger partial charge on any atom is 0.316 e. The van der Waals surface area contributed by atoms with E-state index in [9.17, 15) is 13.2 Å². The largest absolute Gasteiger partial charge is 0.483 e. The van der Waals surface area contributed by atoms with Gasteiger partial charge < -0.3 is 9.64 Å². The van der Waals surface area contributed by atoms with Crippen molar-refractivity contribution in [3.63, 3.8) is 0 Å². The zero-order valence-electron chi connectivity index (χ0n) is 19.8. The molecule has 1 aliphatic carbocycles. The fourth-order valence-electron chi connectivity index (χ4n) is 4.65. The molecule has 2 fully saturated rings. The lowest BCUT2D eigenvalue weighted by atomic mass is 10.0. The van der Waals surface area contributed by atoms with Crippen molar-refractivity contribution >= 4 is 15.7 Å². The van der Waals surface area contributed by atoms with Crippen LogP contribution in [0, 0.1) is 11.8 Å². The highest BCUT2D eigenvalue weighted by atomic mass is 32.2. The Morgan fingerprint density at radius 3 is 2.18 bits per heavy atom. The van der Waals surface area contributed by atoms with Crippen molar-refractivity contribution in [1.82, 2.24) is 14.1 Å². The third-order valence-electron chi connectivity index (χ3n) is 6.98. The Kier molecular flexibility index (Phi) is 6.81. The van der Waals surface area contributed by atoms with Crippen LogP contribution in [0.1, 0.15) is 40.5 Å². The molecule has 1 aromatic heterocycles. The Morgan fingerprint density at radius 1 is 1.00 bits per heavy atom. The van der Waals surface area contributed by atoms with Gasteiger partial charge in [0.05, 0.1) is 23.2 Å². The first-order chi connectivity index (χ1) is 15.7. The van der Waals surface area contributed by atoms with Gasteiger partial charge in [0.25, 0.3) is 0 Å². The minimum absolute atomic E-state index is 0.0179. The summed E-state index contributed by atoms with van der Waals surface area (Å²) in [5.74, 6) is 1.39. The van der Waals surface area contributed by atoms with E-state index in [-0.39, 0.29) is 11.7 Å². The zero-order valence-corrected chi connectivity index (χ0v) is 20.7. The van der Waals surface area contributed by atoms with E-state index in [2.05, 4.69) is 18.9 Å². The van der Waals surface area contributed by atoms with E-state index in [0.717, 1.165) is 12.8 Å². The predicted molar refractivity (Wildman–Crippen MR) is 130 cm³/mol. The predicted octanol–water partition coefficient (Wildman–Crippen LogP) is 2.91. The lowest BCUT2D eigenvalue weighted by Crippen LogP contribution is -2.50. The standard InChI is InChI=1S/C24H34N4O4S/c1-17(2)33(30,31)27-12-10-26(11-13-27)22-16-25-28(20-8-6-5-7-9-20)24(29)23(22)32-21-14-18(3)19(4)15-21/h5-9,16-19,21H,10-15H2,1-4H3/t18-,19+,21?. The topological polar surface area (TPSA) is 84.7 Å². The van der Waals surface area contributed by atoms with Crippen molar-refractivity contribution in [3.05, 3.63) is 46.9 Å². The van der Waals surface area contributed by atoms with E-state index in [4.69, 9.17) is 4.74 Å². The third-order valence-corrected chi connectivity index (χ3v) is 9.25. The molecule has 33 heavy (non-hydrogen) atoms. The summed E-state index contributed by atoms with van der Waals surface area (Å²) in [6.07, 6.45) is 3.48. The summed E-state index contributed by atoms with van der Waals surface area (Å²) in [5.41, 5.74) is 1.03. The van der Waals surface area contributed by atoms with Crippen molar-refractivity contribution in [2.75, 3.05) is 31.1 Å². The quantitative estimate of drug-likeness (QED) is 0.640. The molecule has 1 saturated heterocycles. The summed E-state index contributed by atoms with van der Waals surface area (Å²) < 4.78 is 34.4. The van der Waals surface area contributed by atoms with Gasteiger partial charge in [-0.2, -0.15) is 14.1 Å². The molecule has 4 rings (SSSR count). The summed E-state index contributed by atoms with van der Waals surface area (Å²) in [4.78, 5) is 15.6. The Hall–Kier alpha value is -2.39. The Morgan fingerprint density at radius 2 is 1.61 bits per heavy atom. The van der Waals surface area contributed by atoms with Crippen LogP contribution in [0.3, 0.4) is 0 Å². The molecule has 0 amide bonds. The summed E-state index contributed by atoms with van der Waals surface area (Å²) in [5, 5.41) is 3.98. The number of hydrogen-bond donors (Lipinski definition) is 0. The lowest BCUT2D eigenvalue weighted by Gasteiger charge is -2.36. The zero-order chi connectivity index (χ0) is 23.8. The molecule has 0 N–H and O–H groups in total. The summed E-state index contributed by atoms with van der Waals surface area (Å²) in [6, 6.07) is 9.31. The molecule has 1 saturated carbocycles. The monoisotopic (exact) mass is 474 g/mol. The van der Waals surface area contributed by atoms with E-state index in [1.807, 2.05) is 35.2 Å². The van der Waals surface area contributed by atoms with Crippen LogP contribution in [0.15, 0.2) is 41.3 Å². The summed E-state index contributed by atoms with van der Waals surface area (Å²) in [7, 11) is -3.30. The number of nitrogens with zero attached hydrogens (tertiary/aromatic N) is 4. The maximum atomic E-state index is 13.5. The van der Waals surface area contributed by atoms with E-state index >= 15 is 0 Å². The van der Waals surface area contributed by atoms with E-state index in [1.54, 1.807) is 20.0 Å². The Bertz CT molecular complexity index is 1110. The second-order valence-corrected chi connectivity index (χ2v) is 12.0.